The largest absolute Gasteiger partial charge is 0.311 e. The van der Waals surface area contributed by atoms with Gasteiger partial charge in [0.25, 0.3) is 0 Å². The second-order valence-electron chi connectivity index (χ2n) is 6.17. The summed E-state index contributed by atoms with van der Waals surface area (Å²) in [5.74, 6) is 0.656. The van der Waals surface area contributed by atoms with Crippen LogP contribution in [-0.4, -0.2) is 36.6 Å². The molecule has 1 aromatic rings. The fourth-order valence-corrected chi connectivity index (χ4v) is 3.19. The maximum Gasteiger partial charge on any atom is 0.0218 e. The first kappa shape index (κ1) is 15.5. The molecule has 1 heterocycles. The highest BCUT2D eigenvalue weighted by Gasteiger charge is 2.25. The second-order valence-corrected chi connectivity index (χ2v) is 6.17. The van der Waals surface area contributed by atoms with Gasteiger partial charge in [0, 0.05) is 25.2 Å². The molecule has 0 radical (unpaired) electrons. The topological polar surface area (TPSA) is 15.3 Å². The Kier molecular flexibility index (Phi) is 6.06. The molecule has 0 amide bonds. The zero-order valence-corrected chi connectivity index (χ0v) is 13.3. The number of hydrogen-bond acceptors (Lipinski definition) is 2. The van der Waals surface area contributed by atoms with Gasteiger partial charge in [-0.1, -0.05) is 51.1 Å². The van der Waals surface area contributed by atoms with Crippen molar-refractivity contribution < 1.29 is 0 Å². The number of piperazine rings is 1. The molecule has 1 aliphatic rings. The van der Waals surface area contributed by atoms with E-state index < -0.39 is 0 Å². The molecule has 0 aromatic heterocycles. The molecule has 2 rings (SSSR count). The maximum absolute atomic E-state index is 3.68. The van der Waals surface area contributed by atoms with Gasteiger partial charge in [0.15, 0.2) is 0 Å². The third-order valence-corrected chi connectivity index (χ3v) is 4.80. The van der Waals surface area contributed by atoms with Gasteiger partial charge < -0.3 is 5.32 Å². The third kappa shape index (κ3) is 4.07. The average Bonchev–Trinajstić information content (AvgIpc) is 2.53. The van der Waals surface area contributed by atoms with Gasteiger partial charge in [0.05, 0.1) is 0 Å². The van der Waals surface area contributed by atoms with Crippen LogP contribution < -0.4 is 5.32 Å². The van der Waals surface area contributed by atoms with Crippen molar-refractivity contribution in [2.75, 3.05) is 19.6 Å². The predicted octanol–water partition coefficient (Wildman–Crippen LogP) is 3.64. The van der Waals surface area contributed by atoms with E-state index in [1.165, 1.54) is 37.9 Å². The van der Waals surface area contributed by atoms with E-state index in [0.29, 0.717) is 12.0 Å². The summed E-state index contributed by atoms with van der Waals surface area (Å²) in [5.41, 5.74) is 1.47. The smallest absolute Gasteiger partial charge is 0.0218 e. The van der Waals surface area contributed by atoms with Crippen molar-refractivity contribution >= 4 is 0 Å². The van der Waals surface area contributed by atoms with Gasteiger partial charge in [0.2, 0.25) is 0 Å². The summed E-state index contributed by atoms with van der Waals surface area (Å²) in [6.07, 6.45) is 3.75. The summed E-state index contributed by atoms with van der Waals surface area (Å²) in [6, 6.07) is 12.3. The van der Waals surface area contributed by atoms with E-state index in [1.807, 2.05) is 0 Å². The van der Waals surface area contributed by atoms with Crippen molar-refractivity contribution in [2.24, 2.45) is 0 Å². The van der Waals surface area contributed by atoms with Crippen LogP contribution in [0.3, 0.4) is 0 Å². The van der Waals surface area contributed by atoms with Crippen molar-refractivity contribution in [3.63, 3.8) is 0 Å². The number of hydrogen-bond donors (Lipinski definition) is 1. The molecule has 112 valence electrons. The van der Waals surface area contributed by atoms with Gasteiger partial charge in [-0.15, -0.1) is 0 Å². The van der Waals surface area contributed by atoms with Crippen LogP contribution in [0.5, 0.6) is 0 Å². The van der Waals surface area contributed by atoms with Gasteiger partial charge in [0.1, 0.15) is 0 Å². The quantitative estimate of drug-likeness (QED) is 0.852. The summed E-state index contributed by atoms with van der Waals surface area (Å²) in [6.45, 7) is 10.6. The lowest BCUT2D eigenvalue weighted by molar-refractivity contribution is 0.121. The van der Waals surface area contributed by atoms with E-state index in [9.17, 15) is 0 Å². The first-order valence-electron chi connectivity index (χ1n) is 8.27. The fourth-order valence-electron chi connectivity index (χ4n) is 3.19. The summed E-state index contributed by atoms with van der Waals surface area (Å²) in [7, 11) is 0. The molecular formula is C18H30N2. The Morgan fingerprint density at radius 2 is 1.95 bits per heavy atom. The van der Waals surface area contributed by atoms with Crippen molar-refractivity contribution in [3.8, 4) is 0 Å². The monoisotopic (exact) mass is 274 g/mol. The number of nitrogens with zero attached hydrogens (tertiary/aromatic N) is 1. The van der Waals surface area contributed by atoms with Crippen LogP contribution in [0.25, 0.3) is 0 Å². The summed E-state index contributed by atoms with van der Waals surface area (Å²) in [5, 5.41) is 3.68. The molecule has 2 heteroatoms. The SMILES string of the molecule is CCC1CN(CCC(C)c2ccccc2)C(CC)CN1. The highest BCUT2D eigenvalue weighted by Crippen LogP contribution is 2.21. The molecule has 0 aliphatic carbocycles. The zero-order valence-electron chi connectivity index (χ0n) is 13.3. The van der Waals surface area contributed by atoms with Gasteiger partial charge >= 0.3 is 0 Å². The van der Waals surface area contributed by atoms with Crippen molar-refractivity contribution in [2.45, 2.75) is 58.0 Å². The molecule has 20 heavy (non-hydrogen) atoms. The van der Waals surface area contributed by atoms with Crippen LogP contribution in [0.15, 0.2) is 30.3 Å². The highest BCUT2D eigenvalue weighted by atomic mass is 15.2. The molecule has 0 bridgehead atoms. The average molecular weight is 274 g/mol. The molecule has 3 unspecified atom stereocenters. The zero-order chi connectivity index (χ0) is 14.4. The Labute approximate surface area is 124 Å². The van der Waals surface area contributed by atoms with Gasteiger partial charge in [-0.25, -0.2) is 0 Å². The highest BCUT2D eigenvalue weighted by molar-refractivity contribution is 5.18. The minimum atomic E-state index is 0.656. The van der Waals surface area contributed by atoms with E-state index in [2.05, 4.69) is 61.3 Å². The van der Waals surface area contributed by atoms with Crippen molar-refractivity contribution in [3.05, 3.63) is 35.9 Å². The molecular weight excluding hydrogens is 244 g/mol. The Morgan fingerprint density at radius 3 is 2.60 bits per heavy atom. The fraction of sp³-hybridized carbons (Fsp3) is 0.667. The van der Waals surface area contributed by atoms with Crippen LogP contribution in [0.4, 0.5) is 0 Å². The Hall–Kier alpha value is -0.860. The van der Waals surface area contributed by atoms with E-state index in [1.54, 1.807) is 0 Å². The first-order valence-corrected chi connectivity index (χ1v) is 8.27. The predicted molar refractivity (Wildman–Crippen MR) is 87.2 cm³/mol. The molecule has 1 fully saturated rings. The lowest BCUT2D eigenvalue weighted by atomic mass is 9.96. The molecule has 3 atom stereocenters. The summed E-state index contributed by atoms with van der Waals surface area (Å²) >= 11 is 0. The van der Waals surface area contributed by atoms with Crippen molar-refractivity contribution in [1.82, 2.24) is 10.2 Å². The maximum atomic E-state index is 3.68. The molecule has 1 N–H and O–H groups in total. The van der Waals surface area contributed by atoms with E-state index in [4.69, 9.17) is 0 Å². The van der Waals surface area contributed by atoms with Gasteiger partial charge in [-0.3, -0.25) is 4.90 Å². The number of nitrogens with one attached hydrogen (secondary N) is 1. The molecule has 0 spiro atoms. The lowest BCUT2D eigenvalue weighted by Gasteiger charge is -2.40. The van der Waals surface area contributed by atoms with Gasteiger partial charge in [-0.2, -0.15) is 0 Å². The number of benzene rings is 1. The van der Waals surface area contributed by atoms with Gasteiger partial charge in [-0.05, 0) is 37.3 Å². The van der Waals surface area contributed by atoms with Crippen LogP contribution >= 0.6 is 0 Å². The normalized spacial score (nSPS) is 25.6. The Bertz CT molecular complexity index is 376. The number of rotatable bonds is 6. The summed E-state index contributed by atoms with van der Waals surface area (Å²) < 4.78 is 0. The second kappa shape index (κ2) is 7.80. The Balaban J connectivity index is 1.87. The van der Waals surface area contributed by atoms with Crippen LogP contribution in [0, 0.1) is 0 Å². The van der Waals surface area contributed by atoms with Crippen molar-refractivity contribution in [1.29, 1.82) is 0 Å². The Morgan fingerprint density at radius 1 is 1.20 bits per heavy atom. The molecule has 0 saturated carbocycles. The molecule has 2 nitrogen and oxygen atoms in total. The van der Waals surface area contributed by atoms with Crippen LogP contribution in [0.1, 0.15) is 51.5 Å². The van der Waals surface area contributed by atoms with Crippen LogP contribution in [-0.2, 0) is 0 Å². The molecule has 1 saturated heterocycles. The van der Waals surface area contributed by atoms with E-state index in [-0.39, 0.29) is 0 Å². The minimum absolute atomic E-state index is 0.656. The lowest BCUT2D eigenvalue weighted by Crippen LogP contribution is -2.56. The molecule has 1 aliphatic heterocycles. The third-order valence-electron chi connectivity index (χ3n) is 4.80. The first-order chi connectivity index (χ1) is 9.74. The minimum Gasteiger partial charge on any atom is -0.311 e. The molecule has 1 aromatic carbocycles. The van der Waals surface area contributed by atoms with E-state index >= 15 is 0 Å². The van der Waals surface area contributed by atoms with E-state index in [0.717, 1.165) is 12.6 Å². The standard InChI is InChI=1S/C18H30N2/c1-4-17-14-20(18(5-2)13-19-17)12-11-15(3)16-9-7-6-8-10-16/h6-10,15,17-19H,4-5,11-14H2,1-3H3. The van der Waals surface area contributed by atoms with Crippen LogP contribution in [0.2, 0.25) is 0 Å². The summed E-state index contributed by atoms with van der Waals surface area (Å²) in [4.78, 5) is 2.71.